The van der Waals surface area contributed by atoms with Crippen LogP contribution < -0.4 is 10.3 Å². The fourth-order valence-electron chi connectivity index (χ4n) is 5.78. The number of aromatic nitrogens is 2. The predicted octanol–water partition coefficient (Wildman–Crippen LogP) is 4.62. The first-order valence-electron chi connectivity index (χ1n) is 13.3. The van der Waals surface area contributed by atoms with E-state index in [2.05, 4.69) is 39.1 Å². The molecule has 6 rings (SSSR count). The number of likely N-dealkylation sites (tertiary alicyclic amines) is 2. The molecular formula is C30H31ClN4O3. The van der Waals surface area contributed by atoms with Crippen molar-refractivity contribution in [2.45, 2.75) is 51.3 Å². The molecule has 1 atom stereocenters. The standard InChI is InChI=1S/C30H31ClN4O3/c31-24-6-7-25(32-17-24)20-38-28-10-13-35(30(37)16-28)26-8-5-22-14-21(3-4-23(22)15-26)18-33-12-9-27(19-33)34-11-1-2-29(34)36/h3-4,6-7,10,13-17,27H,1-2,5,8-9,11-12,18-20H2/t27-/m1/s1. The minimum Gasteiger partial charge on any atom is -0.487 e. The van der Waals surface area contributed by atoms with E-state index in [4.69, 9.17) is 16.3 Å². The van der Waals surface area contributed by atoms with E-state index < -0.39 is 0 Å². The first-order chi connectivity index (χ1) is 18.5. The molecule has 1 amide bonds. The van der Waals surface area contributed by atoms with Gasteiger partial charge in [0.05, 0.1) is 10.7 Å². The van der Waals surface area contributed by atoms with E-state index in [1.165, 1.54) is 17.2 Å². The maximum absolute atomic E-state index is 12.9. The molecule has 0 radical (unpaired) electrons. The van der Waals surface area contributed by atoms with Crippen molar-refractivity contribution in [2.24, 2.45) is 0 Å². The second-order valence-corrected chi connectivity index (χ2v) is 10.8. The van der Waals surface area contributed by atoms with Gasteiger partial charge in [0.15, 0.2) is 0 Å². The third kappa shape index (κ3) is 5.40. The number of allylic oxidation sites excluding steroid dienone is 1. The highest BCUT2D eigenvalue weighted by Gasteiger charge is 2.33. The Balaban J connectivity index is 1.09. The van der Waals surface area contributed by atoms with E-state index >= 15 is 0 Å². The Kier molecular flexibility index (Phi) is 7.04. The van der Waals surface area contributed by atoms with Crippen LogP contribution in [0.3, 0.4) is 0 Å². The molecule has 196 valence electrons. The molecule has 0 saturated carbocycles. The number of carbonyl (C=O) groups excluding carboxylic acids is 1. The lowest BCUT2D eigenvalue weighted by Gasteiger charge is -2.24. The molecule has 8 heteroatoms. The summed E-state index contributed by atoms with van der Waals surface area (Å²) in [4.78, 5) is 33.8. The summed E-state index contributed by atoms with van der Waals surface area (Å²) < 4.78 is 7.46. The summed E-state index contributed by atoms with van der Waals surface area (Å²) >= 11 is 5.88. The van der Waals surface area contributed by atoms with Gasteiger partial charge in [-0.05, 0) is 66.6 Å². The summed E-state index contributed by atoms with van der Waals surface area (Å²) in [5.74, 6) is 0.840. The van der Waals surface area contributed by atoms with Crippen molar-refractivity contribution in [3.63, 3.8) is 0 Å². The topological polar surface area (TPSA) is 67.7 Å². The van der Waals surface area contributed by atoms with Gasteiger partial charge in [-0.15, -0.1) is 0 Å². The lowest BCUT2D eigenvalue weighted by molar-refractivity contribution is -0.129. The van der Waals surface area contributed by atoms with Gasteiger partial charge in [-0.3, -0.25) is 24.0 Å². The summed E-state index contributed by atoms with van der Waals surface area (Å²) in [5.41, 5.74) is 5.41. The van der Waals surface area contributed by atoms with E-state index in [9.17, 15) is 9.59 Å². The van der Waals surface area contributed by atoms with Gasteiger partial charge < -0.3 is 9.64 Å². The van der Waals surface area contributed by atoms with Crippen LogP contribution in [0.2, 0.25) is 5.02 Å². The number of fused-ring (bicyclic) bond motifs is 1. The molecule has 4 heterocycles. The average molecular weight is 531 g/mol. The van der Waals surface area contributed by atoms with E-state index in [1.54, 1.807) is 29.1 Å². The van der Waals surface area contributed by atoms with Crippen LogP contribution >= 0.6 is 11.6 Å². The van der Waals surface area contributed by atoms with Crippen molar-refractivity contribution in [1.29, 1.82) is 0 Å². The highest BCUT2D eigenvalue weighted by molar-refractivity contribution is 6.30. The average Bonchev–Trinajstić information content (AvgIpc) is 3.56. The molecule has 7 nitrogen and oxygen atoms in total. The van der Waals surface area contributed by atoms with Crippen molar-refractivity contribution in [2.75, 3.05) is 19.6 Å². The van der Waals surface area contributed by atoms with Gasteiger partial charge in [0.2, 0.25) is 5.91 Å². The molecule has 3 aliphatic rings. The zero-order valence-electron chi connectivity index (χ0n) is 21.3. The quantitative estimate of drug-likeness (QED) is 0.446. The summed E-state index contributed by atoms with van der Waals surface area (Å²) in [6, 6.07) is 13.9. The van der Waals surface area contributed by atoms with E-state index in [1.807, 2.05) is 6.07 Å². The monoisotopic (exact) mass is 530 g/mol. The van der Waals surface area contributed by atoms with Crippen LogP contribution in [0.4, 0.5) is 0 Å². The lowest BCUT2D eigenvalue weighted by atomic mass is 9.93. The molecule has 2 aromatic heterocycles. The summed E-state index contributed by atoms with van der Waals surface area (Å²) in [6.45, 7) is 4.10. The Bertz CT molecular complexity index is 1430. The maximum Gasteiger partial charge on any atom is 0.258 e. The molecule has 2 saturated heterocycles. The normalized spacial score (nSPS) is 19.5. The fourth-order valence-corrected chi connectivity index (χ4v) is 5.89. The minimum atomic E-state index is -0.113. The van der Waals surface area contributed by atoms with Gasteiger partial charge in [-0.2, -0.15) is 0 Å². The van der Waals surface area contributed by atoms with Gasteiger partial charge >= 0.3 is 0 Å². The van der Waals surface area contributed by atoms with Crippen LogP contribution in [-0.2, 0) is 24.4 Å². The molecule has 1 aromatic carbocycles. The summed E-state index contributed by atoms with van der Waals surface area (Å²) in [7, 11) is 0. The van der Waals surface area contributed by atoms with E-state index in [0.717, 1.165) is 68.8 Å². The van der Waals surface area contributed by atoms with Crippen molar-refractivity contribution in [1.82, 2.24) is 19.4 Å². The highest BCUT2D eigenvalue weighted by Crippen LogP contribution is 2.29. The van der Waals surface area contributed by atoms with Gasteiger partial charge in [-0.1, -0.05) is 29.8 Å². The SMILES string of the molecule is O=C1CCCN1[C@@H]1CCN(Cc2ccc3c(c2)CCC(n2ccc(OCc4ccc(Cl)cn4)cc2=O)=C3)C1. The number of halogens is 1. The molecule has 0 bridgehead atoms. The van der Waals surface area contributed by atoms with Gasteiger partial charge in [-0.25, -0.2) is 0 Å². The van der Waals surface area contributed by atoms with Gasteiger partial charge in [0.1, 0.15) is 12.4 Å². The largest absolute Gasteiger partial charge is 0.487 e. The zero-order valence-corrected chi connectivity index (χ0v) is 22.1. The van der Waals surface area contributed by atoms with Crippen molar-refractivity contribution >= 4 is 29.3 Å². The van der Waals surface area contributed by atoms with Gasteiger partial charge in [0, 0.05) is 62.8 Å². The molecule has 2 fully saturated rings. The van der Waals surface area contributed by atoms with E-state index in [-0.39, 0.29) is 12.2 Å². The van der Waals surface area contributed by atoms with Crippen LogP contribution in [0.25, 0.3) is 11.8 Å². The molecule has 3 aromatic rings. The molecule has 38 heavy (non-hydrogen) atoms. The number of benzene rings is 1. The van der Waals surface area contributed by atoms with Crippen molar-refractivity contribution in [3.8, 4) is 5.75 Å². The number of hydrogen-bond donors (Lipinski definition) is 0. The van der Waals surface area contributed by atoms with Crippen LogP contribution in [-0.4, -0.2) is 50.9 Å². The maximum atomic E-state index is 12.9. The smallest absolute Gasteiger partial charge is 0.258 e. The number of pyridine rings is 2. The number of ether oxygens (including phenoxy) is 1. The number of amides is 1. The minimum absolute atomic E-state index is 0.113. The fraction of sp³-hybridized carbons (Fsp3) is 0.367. The Morgan fingerprint density at radius 2 is 1.95 bits per heavy atom. The van der Waals surface area contributed by atoms with Crippen LogP contribution in [0.1, 0.15) is 48.1 Å². The third-order valence-electron chi connectivity index (χ3n) is 7.76. The molecular weight excluding hydrogens is 500 g/mol. The lowest BCUT2D eigenvalue weighted by Crippen LogP contribution is -2.38. The first-order valence-corrected chi connectivity index (χ1v) is 13.7. The molecule has 1 aliphatic carbocycles. The first kappa shape index (κ1) is 24.9. The zero-order chi connectivity index (χ0) is 26.1. The Hall–Kier alpha value is -3.42. The number of nitrogens with zero attached hydrogens (tertiary/aromatic N) is 4. The second kappa shape index (κ2) is 10.8. The predicted molar refractivity (Wildman–Crippen MR) is 148 cm³/mol. The molecule has 0 unspecified atom stereocenters. The molecule has 0 N–H and O–H groups in total. The number of rotatable bonds is 7. The number of carbonyl (C=O) groups is 1. The van der Waals surface area contributed by atoms with Crippen molar-refractivity contribution < 1.29 is 9.53 Å². The molecule has 2 aliphatic heterocycles. The van der Waals surface area contributed by atoms with Gasteiger partial charge in [0.25, 0.3) is 5.56 Å². The van der Waals surface area contributed by atoms with Crippen molar-refractivity contribution in [3.05, 3.63) is 92.6 Å². The summed E-state index contributed by atoms with van der Waals surface area (Å²) in [6.07, 6.45) is 9.96. The third-order valence-corrected chi connectivity index (χ3v) is 7.98. The molecule has 0 spiro atoms. The van der Waals surface area contributed by atoms with Crippen LogP contribution in [0.15, 0.2) is 59.7 Å². The van der Waals surface area contributed by atoms with E-state index in [0.29, 0.717) is 29.1 Å². The second-order valence-electron chi connectivity index (χ2n) is 10.4. The Morgan fingerprint density at radius 1 is 1.03 bits per heavy atom. The summed E-state index contributed by atoms with van der Waals surface area (Å²) in [5, 5.41) is 0.575. The Morgan fingerprint density at radius 3 is 2.74 bits per heavy atom. The number of aryl methyl sites for hydroxylation is 1. The van der Waals surface area contributed by atoms with Crippen LogP contribution in [0.5, 0.6) is 5.75 Å². The number of hydrogen-bond acceptors (Lipinski definition) is 5. The Labute approximate surface area is 227 Å². The van der Waals surface area contributed by atoms with Crippen LogP contribution in [0, 0.1) is 0 Å². The highest BCUT2D eigenvalue weighted by atomic mass is 35.5.